The van der Waals surface area contributed by atoms with Gasteiger partial charge in [-0.2, -0.15) is 4.99 Å². The molecule has 2 aliphatic rings. The van der Waals surface area contributed by atoms with Crippen molar-refractivity contribution in [3.8, 4) is 11.5 Å². The maximum absolute atomic E-state index is 12.9. The number of anilines is 1. The van der Waals surface area contributed by atoms with Crippen molar-refractivity contribution in [2.75, 3.05) is 29.6 Å². The molecule has 34 heavy (non-hydrogen) atoms. The number of carbonyl (C=O) groups is 1. The van der Waals surface area contributed by atoms with Gasteiger partial charge in [0, 0.05) is 21.9 Å². The summed E-state index contributed by atoms with van der Waals surface area (Å²) < 4.78 is 37.1. The van der Waals surface area contributed by atoms with E-state index in [0.29, 0.717) is 40.0 Å². The zero-order chi connectivity index (χ0) is 24.5. The predicted molar refractivity (Wildman–Crippen MR) is 140 cm³/mol. The Balaban J connectivity index is 1.72. The number of amidine groups is 1. The minimum Gasteiger partial charge on any atom is -0.490 e. The Bertz CT molecular complexity index is 1230. The van der Waals surface area contributed by atoms with Gasteiger partial charge in [-0.25, -0.2) is 8.42 Å². The van der Waals surface area contributed by atoms with Crippen molar-refractivity contribution in [2.24, 2.45) is 4.99 Å². The van der Waals surface area contributed by atoms with Crippen LogP contribution in [0, 0.1) is 6.92 Å². The molecule has 2 heterocycles. The summed E-state index contributed by atoms with van der Waals surface area (Å²) in [6.45, 7) is 6.70. The van der Waals surface area contributed by atoms with E-state index >= 15 is 0 Å². The van der Waals surface area contributed by atoms with Gasteiger partial charge < -0.3 is 14.4 Å². The van der Waals surface area contributed by atoms with Gasteiger partial charge in [-0.3, -0.25) is 4.79 Å². The van der Waals surface area contributed by atoms with Crippen LogP contribution >= 0.6 is 27.7 Å². The van der Waals surface area contributed by atoms with E-state index in [1.54, 1.807) is 0 Å². The number of ether oxygens (including phenoxy) is 2. The molecule has 1 amide bonds. The fourth-order valence-corrected chi connectivity index (χ4v) is 8.67. The minimum atomic E-state index is -3.18. The fourth-order valence-electron chi connectivity index (χ4n) is 4.23. The Morgan fingerprint density at radius 3 is 2.53 bits per heavy atom. The number of sulfone groups is 1. The van der Waals surface area contributed by atoms with Gasteiger partial charge in [0.25, 0.3) is 5.91 Å². The average Bonchev–Trinajstić information content (AvgIpc) is 3.21. The number of fused-ring (bicyclic) bond motifs is 1. The molecule has 10 heteroatoms. The Kier molecular flexibility index (Phi) is 7.59. The van der Waals surface area contributed by atoms with Crippen molar-refractivity contribution in [3.63, 3.8) is 0 Å². The topological polar surface area (TPSA) is 85.3 Å². The molecule has 0 aromatic heterocycles. The molecule has 4 rings (SSSR count). The number of aliphatic imine (C=N–C) groups is 1. The Morgan fingerprint density at radius 2 is 1.85 bits per heavy atom. The minimum absolute atomic E-state index is 0.0133. The fraction of sp³-hybridized carbons (Fsp3) is 0.417. The van der Waals surface area contributed by atoms with Crippen LogP contribution in [0.5, 0.6) is 11.5 Å². The number of carbonyl (C=O) groups excluding carboxylic acids is 1. The third-order valence-electron chi connectivity index (χ3n) is 5.60. The molecule has 2 atom stereocenters. The first-order valence-electron chi connectivity index (χ1n) is 11.1. The molecule has 0 radical (unpaired) electrons. The molecule has 2 fully saturated rings. The summed E-state index contributed by atoms with van der Waals surface area (Å²) in [7, 11) is -3.18. The van der Waals surface area contributed by atoms with Gasteiger partial charge in [0.1, 0.15) is 0 Å². The zero-order valence-electron chi connectivity index (χ0n) is 19.3. The third kappa shape index (κ3) is 5.44. The van der Waals surface area contributed by atoms with Crippen LogP contribution in [-0.4, -0.2) is 55.5 Å². The van der Waals surface area contributed by atoms with E-state index in [2.05, 4.69) is 20.9 Å². The number of hydrogen-bond donors (Lipinski definition) is 0. The largest absolute Gasteiger partial charge is 0.490 e. The molecule has 7 nitrogen and oxygen atoms in total. The lowest BCUT2D eigenvalue weighted by Crippen LogP contribution is -2.38. The second-order valence-electron chi connectivity index (χ2n) is 8.24. The highest BCUT2D eigenvalue weighted by molar-refractivity contribution is 9.10. The van der Waals surface area contributed by atoms with Crippen molar-refractivity contribution in [2.45, 2.75) is 38.5 Å². The molecule has 0 bridgehead atoms. The van der Waals surface area contributed by atoms with E-state index in [1.807, 2.05) is 62.1 Å². The number of amides is 1. The quantitative estimate of drug-likeness (QED) is 0.491. The predicted octanol–water partition coefficient (Wildman–Crippen LogP) is 4.40. The Labute approximate surface area is 213 Å². The molecule has 2 aliphatic heterocycles. The molecule has 2 aromatic rings. The van der Waals surface area contributed by atoms with Crippen LogP contribution in [0.4, 0.5) is 5.69 Å². The third-order valence-corrected chi connectivity index (χ3v) is 9.44. The number of aryl methyl sites for hydroxylation is 1. The summed E-state index contributed by atoms with van der Waals surface area (Å²) in [4.78, 5) is 19.2. The molecule has 2 aromatic carbocycles. The van der Waals surface area contributed by atoms with Crippen molar-refractivity contribution in [3.05, 3.63) is 52.0 Å². The number of nitrogens with zero attached hydrogens (tertiary/aromatic N) is 2. The van der Waals surface area contributed by atoms with E-state index < -0.39 is 9.84 Å². The summed E-state index contributed by atoms with van der Waals surface area (Å²) >= 11 is 4.97. The summed E-state index contributed by atoms with van der Waals surface area (Å²) in [5.74, 6) is 0.961. The lowest BCUT2D eigenvalue weighted by Gasteiger charge is -2.27. The molecule has 0 saturated carbocycles. The molecular formula is C24H27BrN2O5S2. The van der Waals surface area contributed by atoms with Gasteiger partial charge in [-0.05, 0) is 42.3 Å². The number of thioether (sulfide) groups is 1. The van der Waals surface area contributed by atoms with E-state index in [4.69, 9.17) is 9.47 Å². The lowest BCUT2D eigenvalue weighted by atomic mass is 10.1. The van der Waals surface area contributed by atoms with Crippen molar-refractivity contribution < 1.29 is 22.7 Å². The van der Waals surface area contributed by atoms with E-state index in [9.17, 15) is 13.2 Å². The molecule has 2 saturated heterocycles. The average molecular weight is 568 g/mol. The highest BCUT2D eigenvalue weighted by atomic mass is 79.9. The highest BCUT2D eigenvalue weighted by Crippen LogP contribution is 2.46. The number of halogens is 1. The monoisotopic (exact) mass is 566 g/mol. The van der Waals surface area contributed by atoms with Gasteiger partial charge in [0.2, 0.25) is 0 Å². The second-order valence-corrected chi connectivity index (χ2v) is 12.5. The van der Waals surface area contributed by atoms with Gasteiger partial charge in [-0.15, -0.1) is 0 Å². The first-order chi connectivity index (χ1) is 16.2. The van der Waals surface area contributed by atoms with E-state index in [0.717, 1.165) is 11.1 Å². The normalized spacial score (nSPS) is 22.1. The SMILES string of the molecule is CCOc1cc(Br)c(N2C(=NC(=O)Cc3cccc(C)c3)SC3CS(=O)(=O)CC32)cc1OCC. The van der Waals surface area contributed by atoms with Gasteiger partial charge in [0.15, 0.2) is 26.5 Å². The summed E-state index contributed by atoms with van der Waals surface area (Å²) in [6.07, 6.45) is 0.182. The van der Waals surface area contributed by atoms with Crippen LogP contribution in [0.25, 0.3) is 0 Å². The summed E-state index contributed by atoms with van der Waals surface area (Å²) in [6, 6.07) is 11.1. The zero-order valence-corrected chi connectivity index (χ0v) is 22.5. The van der Waals surface area contributed by atoms with Crippen molar-refractivity contribution in [1.29, 1.82) is 0 Å². The molecular weight excluding hydrogens is 540 g/mol. The maximum Gasteiger partial charge on any atom is 0.252 e. The van der Waals surface area contributed by atoms with Crippen molar-refractivity contribution in [1.82, 2.24) is 0 Å². The number of benzene rings is 2. The summed E-state index contributed by atoms with van der Waals surface area (Å²) in [5.41, 5.74) is 2.68. The maximum atomic E-state index is 12.9. The van der Waals surface area contributed by atoms with Crippen LogP contribution in [0.3, 0.4) is 0 Å². The van der Waals surface area contributed by atoms with Crippen molar-refractivity contribution >= 4 is 54.3 Å². The summed E-state index contributed by atoms with van der Waals surface area (Å²) in [5, 5.41) is 0.319. The van der Waals surface area contributed by atoms with Crippen LogP contribution in [0.1, 0.15) is 25.0 Å². The molecule has 2 unspecified atom stereocenters. The molecule has 182 valence electrons. The van der Waals surface area contributed by atoms with Gasteiger partial charge in [0.05, 0.1) is 42.9 Å². The molecule has 0 N–H and O–H groups in total. The number of rotatable bonds is 7. The first-order valence-corrected chi connectivity index (χ1v) is 14.6. The molecule has 0 aliphatic carbocycles. The second kappa shape index (κ2) is 10.3. The molecule has 0 spiro atoms. The van der Waals surface area contributed by atoms with E-state index in [-0.39, 0.29) is 35.1 Å². The number of hydrogen-bond acceptors (Lipinski definition) is 6. The van der Waals surface area contributed by atoms with Crippen LogP contribution in [-0.2, 0) is 21.1 Å². The van der Waals surface area contributed by atoms with E-state index in [1.165, 1.54) is 11.8 Å². The van der Waals surface area contributed by atoms with Gasteiger partial charge in [-0.1, -0.05) is 41.6 Å². The standard InChI is InChI=1S/C24H27BrN2O5S2/c1-4-31-20-11-17(25)18(12-21(20)32-5-2)27-19-13-34(29,30)14-22(19)33-24(27)26-23(28)10-16-8-6-7-15(3)9-16/h6-9,11-12,19,22H,4-5,10,13-14H2,1-3H3. The Hall–Kier alpha value is -2.04. The highest BCUT2D eigenvalue weighted by Gasteiger charge is 2.50. The van der Waals surface area contributed by atoms with Gasteiger partial charge >= 0.3 is 0 Å². The smallest absolute Gasteiger partial charge is 0.252 e. The lowest BCUT2D eigenvalue weighted by molar-refractivity contribution is -0.117. The van der Waals surface area contributed by atoms with Crippen LogP contribution in [0.15, 0.2) is 45.9 Å². The Morgan fingerprint density at radius 1 is 1.15 bits per heavy atom. The first kappa shape index (κ1) is 25.1. The van der Waals surface area contributed by atoms with Crippen LogP contribution in [0.2, 0.25) is 0 Å². The van der Waals surface area contributed by atoms with Crippen LogP contribution < -0.4 is 14.4 Å².